The molecule has 0 saturated carbocycles. The van der Waals surface area contributed by atoms with Gasteiger partial charge in [0.25, 0.3) is 5.91 Å². The Hall–Kier alpha value is -1.92. The summed E-state index contributed by atoms with van der Waals surface area (Å²) in [4.78, 5) is 17.4. The average Bonchev–Trinajstić information content (AvgIpc) is 2.87. The van der Waals surface area contributed by atoms with Crippen molar-refractivity contribution >= 4 is 28.6 Å². The molecule has 3 N–H and O–H groups in total. The van der Waals surface area contributed by atoms with Crippen molar-refractivity contribution in [3.8, 4) is 0 Å². The van der Waals surface area contributed by atoms with Gasteiger partial charge in [-0.2, -0.15) is 0 Å². The van der Waals surface area contributed by atoms with Gasteiger partial charge in [0.1, 0.15) is 6.10 Å². The number of nitrogen functional groups attached to an aromatic ring is 1. The number of nitrogens with one attached hydrogen (secondary N) is 1. The summed E-state index contributed by atoms with van der Waals surface area (Å²) >= 11 is 1.61. The monoisotopic (exact) mass is 305 g/mol. The van der Waals surface area contributed by atoms with Gasteiger partial charge in [0.2, 0.25) is 0 Å². The second-order valence-electron chi connectivity index (χ2n) is 4.70. The van der Waals surface area contributed by atoms with Gasteiger partial charge in [-0.15, -0.1) is 11.3 Å². The van der Waals surface area contributed by atoms with Crippen molar-refractivity contribution in [2.24, 2.45) is 0 Å². The molecule has 1 atom stereocenters. The molecule has 5 nitrogen and oxygen atoms in total. The number of aromatic nitrogens is 1. The Labute approximate surface area is 128 Å². The molecule has 1 amide bonds. The number of amides is 1. The van der Waals surface area contributed by atoms with Crippen molar-refractivity contribution in [1.82, 2.24) is 4.98 Å². The van der Waals surface area contributed by atoms with Gasteiger partial charge in [-0.05, 0) is 26.0 Å². The lowest BCUT2D eigenvalue weighted by Gasteiger charge is -2.14. The van der Waals surface area contributed by atoms with Crippen molar-refractivity contribution < 1.29 is 9.53 Å². The predicted molar refractivity (Wildman–Crippen MR) is 85.5 cm³/mol. The Morgan fingerprint density at radius 2 is 2.24 bits per heavy atom. The van der Waals surface area contributed by atoms with Crippen LogP contribution in [0.4, 0.5) is 11.4 Å². The SMILES string of the molecule is Cc1ncsc1CCOC(C)C(=O)Nc1ccccc1N. The number of hydrogen-bond donors (Lipinski definition) is 2. The van der Waals surface area contributed by atoms with E-state index in [2.05, 4.69) is 10.3 Å². The number of ether oxygens (including phenoxy) is 1. The summed E-state index contributed by atoms with van der Waals surface area (Å²) < 4.78 is 5.57. The summed E-state index contributed by atoms with van der Waals surface area (Å²) in [5.74, 6) is -0.200. The third-order valence-corrected chi connectivity index (χ3v) is 4.12. The van der Waals surface area contributed by atoms with Crippen molar-refractivity contribution in [3.63, 3.8) is 0 Å². The van der Waals surface area contributed by atoms with E-state index in [1.807, 2.05) is 24.6 Å². The van der Waals surface area contributed by atoms with Crippen LogP contribution in [0.2, 0.25) is 0 Å². The molecular weight excluding hydrogens is 286 g/mol. The van der Waals surface area contributed by atoms with Crippen LogP contribution in [-0.2, 0) is 16.0 Å². The number of para-hydroxylation sites is 2. The molecule has 1 aromatic carbocycles. The van der Waals surface area contributed by atoms with Gasteiger partial charge in [-0.3, -0.25) is 4.79 Å². The molecule has 0 spiro atoms. The summed E-state index contributed by atoms with van der Waals surface area (Å²) in [5, 5.41) is 2.77. The molecule has 112 valence electrons. The third-order valence-electron chi connectivity index (χ3n) is 3.13. The van der Waals surface area contributed by atoms with E-state index < -0.39 is 6.10 Å². The van der Waals surface area contributed by atoms with E-state index in [0.717, 1.165) is 12.1 Å². The van der Waals surface area contributed by atoms with Crippen LogP contribution in [0, 0.1) is 6.92 Å². The van der Waals surface area contributed by atoms with Gasteiger partial charge in [-0.25, -0.2) is 4.98 Å². The molecule has 21 heavy (non-hydrogen) atoms. The zero-order valence-corrected chi connectivity index (χ0v) is 12.9. The summed E-state index contributed by atoms with van der Waals surface area (Å²) in [6.07, 6.45) is 0.236. The molecular formula is C15H19N3O2S. The van der Waals surface area contributed by atoms with E-state index in [0.29, 0.717) is 18.0 Å². The fraction of sp³-hybridized carbons (Fsp3) is 0.333. The Bertz CT molecular complexity index is 612. The summed E-state index contributed by atoms with van der Waals surface area (Å²) in [5.41, 5.74) is 9.78. The molecule has 0 aliphatic rings. The van der Waals surface area contributed by atoms with Crippen LogP contribution >= 0.6 is 11.3 Å². The molecule has 6 heteroatoms. The number of aryl methyl sites for hydroxylation is 1. The predicted octanol–water partition coefficient (Wildman–Crippen LogP) is 2.62. The Kier molecular flexibility index (Phi) is 5.30. The van der Waals surface area contributed by atoms with Gasteiger partial charge >= 0.3 is 0 Å². The first-order valence-electron chi connectivity index (χ1n) is 6.74. The van der Waals surface area contributed by atoms with Gasteiger partial charge in [0.05, 0.1) is 29.2 Å². The maximum atomic E-state index is 12.0. The molecule has 0 saturated heterocycles. The molecule has 1 unspecified atom stereocenters. The minimum atomic E-state index is -0.530. The largest absolute Gasteiger partial charge is 0.397 e. The lowest BCUT2D eigenvalue weighted by molar-refractivity contribution is -0.126. The van der Waals surface area contributed by atoms with Crippen LogP contribution in [0.5, 0.6) is 0 Å². The lowest BCUT2D eigenvalue weighted by atomic mass is 10.2. The summed E-state index contributed by atoms with van der Waals surface area (Å²) in [7, 11) is 0. The Balaban J connectivity index is 1.80. The second-order valence-corrected chi connectivity index (χ2v) is 5.64. The first-order valence-corrected chi connectivity index (χ1v) is 7.62. The average molecular weight is 305 g/mol. The lowest BCUT2D eigenvalue weighted by Crippen LogP contribution is -2.28. The fourth-order valence-corrected chi connectivity index (χ4v) is 2.58. The Morgan fingerprint density at radius 3 is 2.90 bits per heavy atom. The topological polar surface area (TPSA) is 77.2 Å². The minimum Gasteiger partial charge on any atom is -0.397 e. The van der Waals surface area contributed by atoms with E-state index in [1.165, 1.54) is 4.88 Å². The highest BCUT2D eigenvalue weighted by atomic mass is 32.1. The number of anilines is 2. The first-order chi connectivity index (χ1) is 10.1. The van der Waals surface area contributed by atoms with E-state index >= 15 is 0 Å². The fourth-order valence-electron chi connectivity index (χ4n) is 1.82. The second kappa shape index (κ2) is 7.19. The van der Waals surface area contributed by atoms with Crippen LogP contribution < -0.4 is 11.1 Å². The first kappa shape index (κ1) is 15.5. The van der Waals surface area contributed by atoms with Gasteiger partial charge in [0.15, 0.2) is 0 Å². The van der Waals surface area contributed by atoms with Crippen molar-refractivity contribution in [3.05, 3.63) is 40.3 Å². The summed E-state index contributed by atoms with van der Waals surface area (Å²) in [6.45, 7) is 4.19. The van der Waals surface area contributed by atoms with Crippen LogP contribution in [0.15, 0.2) is 29.8 Å². The van der Waals surface area contributed by atoms with E-state index in [4.69, 9.17) is 10.5 Å². The molecule has 0 aliphatic heterocycles. The van der Waals surface area contributed by atoms with Crippen LogP contribution in [0.25, 0.3) is 0 Å². The van der Waals surface area contributed by atoms with Crippen LogP contribution in [-0.4, -0.2) is 23.6 Å². The van der Waals surface area contributed by atoms with E-state index in [9.17, 15) is 4.79 Å². The number of carbonyl (C=O) groups is 1. The number of hydrogen-bond acceptors (Lipinski definition) is 5. The smallest absolute Gasteiger partial charge is 0.253 e. The molecule has 0 radical (unpaired) electrons. The molecule has 0 bridgehead atoms. The van der Waals surface area contributed by atoms with Crippen molar-refractivity contribution in [1.29, 1.82) is 0 Å². The number of benzene rings is 1. The highest BCUT2D eigenvalue weighted by Gasteiger charge is 2.14. The highest BCUT2D eigenvalue weighted by Crippen LogP contribution is 2.17. The summed E-state index contributed by atoms with van der Waals surface area (Å²) in [6, 6.07) is 7.15. The maximum absolute atomic E-state index is 12.0. The minimum absolute atomic E-state index is 0.200. The number of nitrogens with two attached hydrogens (primary N) is 1. The normalized spacial score (nSPS) is 12.1. The van der Waals surface area contributed by atoms with Gasteiger partial charge < -0.3 is 15.8 Å². The number of carbonyl (C=O) groups excluding carboxylic acids is 1. The zero-order valence-electron chi connectivity index (χ0n) is 12.1. The van der Waals surface area contributed by atoms with Crippen LogP contribution in [0.3, 0.4) is 0 Å². The standard InChI is InChI=1S/C15H19N3O2S/c1-10-14(21-9-17-10)7-8-20-11(2)15(19)18-13-6-4-3-5-12(13)16/h3-6,9,11H,7-8,16H2,1-2H3,(H,18,19). The third kappa shape index (κ3) is 4.27. The number of thiazole rings is 1. The quantitative estimate of drug-likeness (QED) is 0.804. The molecule has 0 aliphatic carbocycles. The van der Waals surface area contributed by atoms with Crippen LogP contribution in [0.1, 0.15) is 17.5 Å². The maximum Gasteiger partial charge on any atom is 0.253 e. The van der Waals surface area contributed by atoms with E-state index in [-0.39, 0.29) is 5.91 Å². The molecule has 2 aromatic rings. The van der Waals surface area contributed by atoms with E-state index in [1.54, 1.807) is 30.4 Å². The van der Waals surface area contributed by atoms with Gasteiger partial charge in [-0.1, -0.05) is 12.1 Å². The highest BCUT2D eigenvalue weighted by molar-refractivity contribution is 7.09. The molecule has 0 fully saturated rings. The molecule has 1 heterocycles. The number of nitrogens with zero attached hydrogens (tertiary/aromatic N) is 1. The molecule has 2 rings (SSSR count). The molecule has 1 aromatic heterocycles. The van der Waals surface area contributed by atoms with Gasteiger partial charge in [0, 0.05) is 11.3 Å². The van der Waals surface area contributed by atoms with Crippen molar-refractivity contribution in [2.75, 3.05) is 17.7 Å². The van der Waals surface area contributed by atoms with Crippen molar-refractivity contribution in [2.45, 2.75) is 26.4 Å². The Morgan fingerprint density at radius 1 is 1.48 bits per heavy atom. The number of rotatable bonds is 6. The zero-order chi connectivity index (χ0) is 15.2.